The number of alkyl carbamates (subject to hydrolysis) is 1. The molecule has 3 atom stereocenters. The first-order valence-electron chi connectivity index (χ1n) is 12.0. The van der Waals surface area contributed by atoms with Crippen molar-refractivity contribution in [1.29, 1.82) is 0 Å². The zero-order chi connectivity index (χ0) is 26.8. The molecule has 0 fully saturated rings. The average Bonchev–Trinajstić information content (AvgIpc) is 2.75. The summed E-state index contributed by atoms with van der Waals surface area (Å²) < 4.78 is 5.35. The summed E-state index contributed by atoms with van der Waals surface area (Å²) >= 11 is 1.54. The lowest BCUT2D eigenvalue weighted by atomic mass is 9.98. The minimum absolute atomic E-state index is 0.0801. The van der Waals surface area contributed by atoms with E-state index in [1.54, 1.807) is 32.5 Å². The molecule has 0 heterocycles. The van der Waals surface area contributed by atoms with Crippen molar-refractivity contribution in [2.45, 2.75) is 91.5 Å². The normalized spacial score (nSPS) is 13.7. The van der Waals surface area contributed by atoms with Crippen molar-refractivity contribution >= 4 is 29.7 Å². The quantitative estimate of drug-likeness (QED) is 0.337. The number of thioether (sulfide) groups is 1. The van der Waals surface area contributed by atoms with Crippen LogP contribution in [-0.2, 0) is 14.3 Å². The topological polar surface area (TPSA) is 87.7 Å². The summed E-state index contributed by atoms with van der Waals surface area (Å²) in [4.78, 5) is 40.7. The Hall–Kier alpha value is -2.66. The lowest BCUT2D eigenvalue weighted by Gasteiger charge is -2.31. The van der Waals surface area contributed by atoms with Gasteiger partial charge in [-0.15, -0.1) is 0 Å². The SMILES string of the molecule is C#CN(C(=O)C(CCSC)NC(=O)OC(C)(C)C)C(C(=O)NC(C)CCC)c1ccc(C)c(C)c1. The van der Waals surface area contributed by atoms with Crippen molar-refractivity contribution in [3.8, 4) is 12.5 Å². The summed E-state index contributed by atoms with van der Waals surface area (Å²) in [6.07, 6.45) is 9.08. The number of nitrogens with zero attached hydrogens (tertiary/aromatic N) is 1. The fourth-order valence-corrected chi connectivity index (χ4v) is 4.03. The molecule has 1 aromatic rings. The standard InChI is InChI=1S/C27H41N3O4S/c1-10-12-20(5)28-24(31)23(21-14-13-18(3)19(4)17-21)30(11-2)25(32)22(15-16-35-9)29-26(33)34-27(6,7)8/h2,13-14,17,20,22-23H,10,12,15-16H2,1,3-9H3,(H,28,31)(H,29,33). The van der Waals surface area contributed by atoms with Crippen molar-refractivity contribution in [2.75, 3.05) is 12.0 Å². The second-order valence-electron chi connectivity index (χ2n) is 9.76. The Morgan fingerprint density at radius 1 is 1.14 bits per heavy atom. The predicted octanol–water partition coefficient (Wildman–Crippen LogP) is 4.72. The van der Waals surface area contributed by atoms with Crippen LogP contribution in [0.25, 0.3) is 0 Å². The maximum atomic E-state index is 13.7. The van der Waals surface area contributed by atoms with E-state index in [2.05, 4.69) is 16.7 Å². The molecule has 0 aliphatic heterocycles. The number of nitrogens with one attached hydrogen (secondary N) is 2. The van der Waals surface area contributed by atoms with Gasteiger partial charge in [-0.25, -0.2) is 4.79 Å². The fraction of sp³-hybridized carbons (Fsp3) is 0.593. The van der Waals surface area contributed by atoms with E-state index in [0.29, 0.717) is 17.7 Å². The molecular weight excluding hydrogens is 462 g/mol. The van der Waals surface area contributed by atoms with E-state index in [4.69, 9.17) is 11.2 Å². The zero-order valence-corrected chi connectivity index (χ0v) is 23.2. The van der Waals surface area contributed by atoms with Crippen LogP contribution in [0, 0.1) is 26.3 Å². The van der Waals surface area contributed by atoms with Crippen LogP contribution in [0.2, 0.25) is 0 Å². The zero-order valence-electron chi connectivity index (χ0n) is 22.4. The fourth-order valence-electron chi connectivity index (χ4n) is 3.56. The minimum atomic E-state index is -1.04. The van der Waals surface area contributed by atoms with Crippen LogP contribution >= 0.6 is 11.8 Å². The highest BCUT2D eigenvalue weighted by Crippen LogP contribution is 2.25. The number of benzene rings is 1. The largest absolute Gasteiger partial charge is 0.444 e. The van der Waals surface area contributed by atoms with Gasteiger partial charge in [-0.05, 0) is 83.1 Å². The van der Waals surface area contributed by atoms with Crippen LogP contribution in [-0.4, -0.2) is 52.5 Å². The van der Waals surface area contributed by atoms with E-state index in [1.165, 1.54) is 0 Å². The van der Waals surface area contributed by atoms with Gasteiger partial charge >= 0.3 is 6.09 Å². The Morgan fingerprint density at radius 2 is 1.80 bits per heavy atom. The van der Waals surface area contributed by atoms with Crippen molar-refractivity contribution in [3.05, 3.63) is 34.9 Å². The van der Waals surface area contributed by atoms with Crippen LogP contribution in [0.1, 0.15) is 76.6 Å². The second kappa shape index (κ2) is 14.0. The highest BCUT2D eigenvalue weighted by atomic mass is 32.2. The summed E-state index contributed by atoms with van der Waals surface area (Å²) in [6, 6.07) is 5.96. The molecular formula is C27H41N3O4S. The number of rotatable bonds is 11. The van der Waals surface area contributed by atoms with E-state index in [-0.39, 0.29) is 11.9 Å². The van der Waals surface area contributed by atoms with Gasteiger partial charge in [-0.2, -0.15) is 11.8 Å². The summed E-state index contributed by atoms with van der Waals surface area (Å²) in [5, 5.41) is 5.65. The second-order valence-corrected chi connectivity index (χ2v) is 10.7. The lowest BCUT2D eigenvalue weighted by Crippen LogP contribution is -2.52. The summed E-state index contributed by atoms with van der Waals surface area (Å²) in [7, 11) is 0. The molecule has 0 radical (unpaired) electrons. The molecule has 2 N–H and O–H groups in total. The molecule has 3 unspecified atom stereocenters. The van der Waals surface area contributed by atoms with Crippen molar-refractivity contribution in [2.24, 2.45) is 0 Å². The summed E-state index contributed by atoms with van der Waals surface area (Å²) in [6.45, 7) is 13.1. The van der Waals surface area contributed by atoms with Crippen molar-refractivity contribution < 1.29 is 19.1 Å². The maximum absolute atomic E-state index is 13.7. The molecule has 0 aliphatic rings. The molecule has 0 saturated heterocycles. The van der Waals surface area contributed by atoms with Crippen LogP contribution in [0.15, 0.2) is 18.2 Å². The van der Waals surface area contributed by atoms with Crippen LogP contribution in [0.5, 0.6) is 0 Å². The molecule has 3 amide bonds. The molecule has 0 saturated carbocycles. The monoisotopic (exact) mass is 503 g/mol. The van der Waals surface area contributed by atoms with Gasteiger partial charge in [0, 0.05) is 12.1 Å². The van der Waals surface area contributed by atoms with Crippen LogP contribution in [0.4, 0.5) is 4.79 Å². The van der Waals surface area contributed by atoms with Gasteiger partial charge < -0.3 is 15.4 Å². The summed E-state index contributed by atoms with van der Waals surface area (Å²) in [5.74, 6) is -0.283. The molecule has 1 rings (SSSR count). The number of carbonyl (C=O) groups is 3. The van der Waals surface area contributed by atoms with E-state index >= 15 is 0 Å². The van der Waals surface area contributed by atoms with Gasteiger partial charge in [0.05, 0.1) is 0 Å². The van der Waals surface area contributed by atoms with Crippen LogP contribution in [0.3, 0.4) is 0 Å². The first-order valence-corrected chi connectivity index (χ1v) is 13.4. The number of hydrogen-bond acceptors (Lipinski definition) is 5. The number of hydrogen-bond donors (Lipinski definition) is 2. The Balaban J connectivity index is 3.39. The average molecular weight is 504 g/mol. The molecule has 0 aliphatic carbocycles. The number of carbonyl (C=O) groups excluding carboxylic acids is 3. The molecule has 35 heavy (non-hydrogen) atoms. The molecule has 8 heteroatoms. The lowest BCUT2D eigenvalue weighted by molar-refractivity contribution is -0.138. The molecule has 0 aromatic heterocycles. The Labute approximate surface area is 215 Å². The molecule has 0 bridgehead atoms. The molecule has 194 valence electrons. The number of aryl methyl sites for hydroxylation is 2. The Kier molecular flexibility index (Phi) is 12.2. The van der Waals surface area contributed by atoms with E-state index in [1.807, 2.05) is 52.1 Å². The van der Waals surface area contributed by atoms with Gasteiger partial charge in [0.1, 0.15) is 17.7 Å². The van der Waals surface area contributed by atoms with E-state index < -0.39 is 29.7 Å². The number of amides is 3. The highest BCUT2D eigenvalue weighted by molar-refractivity contribution is 7.98. The van der Waals surface area contributed by atoms with E-state index in [0.717, 1.165) is 28.9 Å². The highest BCUT2D eigenvalue weighted by Gasteiger charge is 2.36. The third-order valence-electron chi connectivity index (χ3n) is 5.44. The van der Waals surface area contributed by atoms with Gasteiger partial charge in [0.25, 0.3) is 5.91 Å². The van der Waals surface area contributed by atoms with Gasteiger partial charge in [-0.3, -0.25) is 14.5 Å². The first kappa shape index (κ1) is 30.4. The van der Waals surface area contributed by atoms with Crippen LogP contribution < -0.4 is 10.6 Å². The summed E-state index contributed by atoms with van der Waals surface area (Å²) in [5.41, 5.74) is 1.94. The van der Waals surface area contributed by atoms with Crippen molar-refractivity contribution in [1.82, 2.24) is 15.5 Å². The smallest absolute Gasteiger partial charge is 0.408 e. The Bertz CT molecular complexity index is 920. The molecule has 7 nitrogen and oxygen atoms in total. The first-order chi connectivity index (χ1) is 16.3. The Morgan fingerprint density at radius 3 is 2.31 bits per heavy atom. The van der Waals surface area contributed by atoms with Gasteiger partial charge in [0.15, 0.2) is 0 Å². The molecule has 0 spiro atoms. The number of terminal acetylenes is 1. The van der Waals surface area contributed by atoms with Gasteiger partial charge in [0.2, 0.25) is 5.91 Å². The van der Waals surface area contributed by atoms with Gasteiger partial charge in [-0.1, -0.05) is 38.0 Å². The van der Waals surface area contributed by atoms with E-state index in [9.17, 15) is 14.4 Å². The third kappa shape index (κ3) is 9.85. The third-order valence-corrected chi connectivity index (χ3v) is 6.08. The van der Waals surface area contributed by atoms with Crippen molar-refractivity contribution in [3.63, 3.8) is 0 Å². The predicted molar refractivity (Wildman–Crippen MR) is 143 cm³/mol. The number of ether oxygens (including phenoxy) is 1. The minimum Gasteiger partial charge on any atom is -0.444 e. The maximum Gasteiger partial charge on any atom is 0.408 e. The molecule has 1 aromatic carbocycles.